The van der Waals surface area contributed by atoms with E-state index in [1.807, 2.05) is 30.3 Å². The highest BCUT2D eigenvalue weighted by molar-refractivity contribution is 5.78. The van der Waals surface area contributed by atoms with Crippen LogP contribution in [0.2, 0.25) is 0 Å². The summed E-state index contributed by atoms with van der Waals surface area (Å²) in [5.74, 6) is 0.668. The number of hydrogen-bond donors (Lipinski definition) is 2. The van der Waals surface area contributed by atoms with Crippen LogP contribution in [0.1, 0.15) is 25.8 Å². The molecule has 0 radical (unpaired) electrons. The summed E-state index contributed by atoms with van der Waals surface area (Å²) in [6.07, 6.45) is 1.07. The lowest BCUT2D eigenvalue weighted by Crippen LogP contribution is -2.44. The fourth-order valence-electron chi connectivity index (χ4n) is 2.33. The number of nitrogens with zero attached hydrogens (tertiary/aromatic N) is 1. The lowest BCUT2D eigenvalue weighted by molar-refractivity contribution is -0.120. The number of hydrogen-bond acceptors (Lipinski definition) is 3. The van der Waals surface area contributed by atoms with E-state index in [0.29, 0.717) is 25.0 Å². The van der Waals surface area contributed by atoms with Crippen molar-refractivity contribution in [2.75, 3.05) is 27.2 Å². The molecule has 0 bridgehead atoms. The second kappa shape index (κ2) is 9.53. The van der Waals surface area contributed by atoms with Crippen molar-refractivity contribution < 1.29 is 4.79 Å². The number of amides is 1. The summed E-state index contributed by atoms with van der Waals surface area (Å²) >= 11 is 0. The Kier molecular flexibility index (Phi) is 8.01. The largest absolute Gasteiger partial charge is 0.351 e. The second-order valence-corrected chi connectivity index (χ2v) is 6.23. The zero-order valence-electron chi connectivity index (χ0n) is 13.7. The Morgan fingerprint density at radius 2 is 1.86 bits per heavy atom. The molecule has 0 aliphatic rings. The second-order valence-electron chi connectivity index (χ2n) is 6.23. The van der Waals surface area contributed by atoms with Gasteiger partial charge in [0.1, 0.15) is 0 Å². The maximum Gasteiger partial charge on any atom is 0.234 e. The van der Waals surface area contributed by atoms with Crippen LogP contribution in [-0.2, 0) is 11.3 Å². The van der Waals surface area contributed by atoms with Crippen molar-refractivity contribution in [3.63, 3.8) is 0 Å². The molecule has 0 fully saturated rings. The predicted octanol–water partition coefficient (Wildman–Crippen LogP) is 1.87. The zero-order valence-corrected chi connectivity index (χ0v) is 13.7. The Balaban J connectivity index is 2.31. The lowest BCUT2D eigenvalue weighted by Gasteiger charge is -2.23. The molecule has 4 heteroatoms. The fourth-order valence-corrected chi connectivity index (χ4v) is 2.33. The topological polar surface area (TPSA) is 44.4 Å². The third-order valence-electron chi connectivity index (χ3n) is 3.23. The SMILES string of the molecule is CC(C)CC(CN(C)C)NCC(=O)NCc1ccccc1. The van der Waals surface area contributed by atoms with Crippen LogP contribution in [0, 0.1) is 5.92 Å². The summed E-state index contributed by atoms with van der Waals surface area (Å²) in [7, 11) is 4.12. The van der Waals surface area contributed by atoms with Crippen molar-refractivity contribution in [1.29, 1.82) is 0 Å². The van der Waals surface area contributed by atoms with E-state index in [0.717, 1.165) is 18.5 Å². The quantitative estimate of drug-likeness (QED) is 0.730. The maximum atomic E-state index is 11.9. The summed E-state index contributed by atoms with van der Waals surface area (Å²) in [6, 6.07) is 10.3. The number of rotatable bonds is 9. The van der Waals surface area contributed by atoms with E-state index in [9.17, 15) is 4.79 Å². The summed E-state index contributed by atoms with van der Waals surface area (Å²) < 4.78 is 0. The molecule has 1 aromatic carbocycles. The van der Waals surface area contributed by atoms with Gasteiger partial charge in [0.2, 0.25) is 5.91 Å². The van der Waals surface area contributed by atoms with Gasteiger partial charge in [0, 0.05) is 19.1 Å². The van der Waals surface area contributed by atoms with Crippen LogP contribution < -0.4 is 10.6 Å². The van der Waals surface area contributed by atoms with Crippen LogP contribution in [0.15, 0.2) is 30.3 Å². The number of carbonyl (C=O) groups excluding carboxylic acids is 1. The number of benzene rings is 1. The molecule has 0 spiro atoms. The zero-order chi connectivity index (χ0) is 15.7. The average molecular weight is 291 g/mol. The van der Waals surface area contributed by atoms with E-state index in [1.54, 1.807) is 0 Å². The van der Waals surface area contributed by atoms with Gasteiger partial charge in [-0.15, -0.1) is 0 Å². The van der Waals surface area contributed by atoms with Crippen molar-refractivity contribution in [2.45, 2.75) is 32.9 Å². The summed E-state index contributed by atoms with van der Waals surface area (Å²) in [5.41, 5.74) is 1.12. The molecule has 2 N–H and O–H groups in total. The van der Waals surface area contributed by atoms with Crippen molar-refractivity contribution in [3.8, 4) is 0 Å². The van der Waals surface area contributed by atoms with Gasteiger partial charge in [-0.25, -0.2) is 0 Å². The van der Waals surface area contributed by atoms with Crippen LogP contribution in [0.25, 0.3) is 0 Å². The standard InChI is InChI=1S/C17H29N3O/c1-14(2)10-16(13-20(3)4)18-12-17(21)19-11-15-8-6-5-7-9-15/h5-9,14,16,18H,10-13H2,1-4H3,(H,19,21). The lowest BCUT2D eigenvalue weighted by atomic mass is 10.0. The normalized spacial score (nSPS) is 12.7. The van der Waals surface area contributed by atoms with Crippen molar-refractivity contribution >= 4 is 5.91 Å². The molecule has 1 amide bonds. The van der Waals surface area contributed by atoms with Crippen LogP contribution in [0.3, 0.4) is 0 Å². The number of nitrogens with one attached hydrogen (secondary N) is 2. The molecule has 0 saturated carbocycles. The molecular weight excluding hydrogens is 262 g/mol. The monoisotopic (exact) mass is 291 g/mol. The van der Waals surface area contributed by atoms with Gasteiger partial charge in [-0.3, -0.25) is 4.79 Å². The first-order valence-electron chi connectivity index (χ1n) is 7.66. The molecule has 0 heterocycles. The Hall–Kier alpha value is -1.39. The van der Waals surface area contributed by atoms with E-state index in [-0.39, 0.29) is 5.91 Å². The minimum atomic E-state index is 0.0476. The highest BCUT2D eigenvalue weighted by atomic mass is 16.1. The van der Waals surface area contributed by atoms with Gasteiger partial charge in [-0.1, -0.05) is 44.2 Å². The van der Waals surface area contributed by atoms with Gasteiger partial charge < -0.3 is 15.5 Å². The number of likely N-dealkylation sites (N-methyl/N-ethyl adjacent to an activating group) is 1. The molecule has 21 heavy (non-hydrogen) atoms. The molecule has 118 valence electrons. The first kappa shape index (κ1) is 17.7. The highest BCUT2D eigenvalue weighted by Gasteiger charge is 2.13. The van der Waals surface area contributed by atoms with Crippen LogP contribution in [0.4, 0.5) is 0 Å². The van der Waals surface area contributed by atoms with E-state index < -0.39 is 0 Å². The molecule has 1 aromatic rings. The minimum absolute atomic E-state index is 0.0476. The Morgan fingerprint density at radius 3 is 2.43 bits per heavy atom. The third-order valence-corrected chi connectivity index (χ3v) is 3.23. The molecule has 0 aromatic heterocycles. The molecule has 4 nitrogen and oxygen atoms in total. The highest BCUT2D eigenvalue weighted by Crippen LogP contribution is 2.05. The molecule has 0 aliphatic carbocycles. The van der Waals surface area contributed by atoms with E-state index in [1.165, 1.54) is 0 Å². The van der Waals surface area contributed by atoms with Crippen molar-refractivity contribution in [3.05, 3.63) is 35.9 Å². The minimum Gasteiger partial charge on any atom is -0.351 e. The van der Waals surface area contributed by atoms with Gasteiger partial charge in [0.25, 0.3) is 0 Å². The Bertz CT molecular complexity index is 394. The van der Waals surface area contributed by atoms with E-state index >= 15 is 0 Å². The van der Waals surface area contributed by atoms with E-state index in [4.69, 9.17) is 0 Å². The van der Waals surface area contributed by atoms with Crippen LogP contribution in [0.5, 0.6) is 0 Å². The molecular formula is C17H29N3O. The molecule has 1 atom stereocenters. The summed E-state index contributed by atoms with van der Waals surface area (Å²) in [6.45, 7) is 6.33. The van der Waals surface area contributed by atoms with E-state index in [2.05, 4.69) is 43.5 Å². The van der Waals surface area contributed by atoms with Crippen molar-refractivity contribution in [1.82, 2.24) is 15.5 Å². The first-order chi connectivity index (χ1) is 9.97. The van der Waals surface area contributed by atoms with Crippen molar-refractivity contribution in [2.24, 2.45) is 5.92 Å². The van der Waals surface area contributed by atoms with Gasteiger partial charge in [0.05, 0.1) is 6.54 Å². The van der Waals surface area contributed by atoms with Crippen LogP contribution >= 0.6 is 0 Å². The van der Waals surface area contributed by atoms with Gasteiger partial charge in [-0.2, -0.15) is 0 Å². The third kappa shape index (κ3) is 8.48. The molecule has 0 aliphatic heterocycles. The van der Waals surface area contributed by atoms with Gasteiger partial charge >= 0.3 is 0 Å². The Labute approximate surface area is 128 Å². The summed E-state index contributed by atoms with van der Waals surface area (Å²) in [4.78, 5) is 14.1. The smallest absolute Gasteiger partial charge is 0.234 e. The fraction of sp³-hybridized carbons (Fsp3) is 0.588. The summed E-state index contributed by atoms with van der Waals surface area (Å²) in [5, 5.41) is 6.31. The number of carbonyl (C=O) groups is 1. The molecule has 1 unspecified atom stereocenters. The average Bonchev–Trinajstić information content (AvgIpc) is 2.42. The first-order valence-corrected chi connectivity index (χ1v) is 7.66. The molecule has 1 rings (SSSR count). The molecule has 0 saturated heterocycles. The Morgan fingerprint density at radius 1 is 1.19 bits per heavy atom. The maximum absolute atomic E-state index is 11.9. The van der Waals surface area contributed by atoms with Crippen LogP contribution in [-0.4, -0.2) is 44.0 Å². The van der Waals surface area contributed by atoms with Gasteiger partial charge in [0.15, 0.2) is 0 Å². The predicted molar refractivity (Wildman–Crippen MR) is 88.1 cm³/mol. The van der Waals surface area contributed by atoms with Gasteiger partial charge in [-0.05, 0) is 32.0 Å².